The maximum absolute atomic E-state index is 3.99. The Balaban J connectivity index is 2.88. The first kappa shape index (κ1) is 6.62. The summed E-state index contributed by atoms with van der Waals surface area (Å²) in [5, 5.41) is 3.99. The average Bonchev–Trinajstić information content (AvgIpc) is 1.90. The molecule has 47 valence electrons. The van der Waals surface area contributed by atoms with E-state index in [1.165, 1.54) is 0 Å². The molecule has 0 N–H and O–H groups in total. The van der Waals surface area contributed by atoms with Crippen LogP contribution in [0.1, 0.15) is 0 Å². The highest BCUT2D eigenvalue weighted by atomic mass is 79.9. The van der Waals surface area contributed by atoms with Crippen LogP contribution in [0.3, 0.4) is 0 Å². The molecule has 0 spiro atoms. The molecular formula is C7H7BrN. The molecule has 0 bridgehead atoms. The number of hydrogen-bond acceptors (Lipinski definition) is 0. The molecule has 9 heavy (non-hydrogen) atoms. The van der Waals surface area contributed by atoms with Crippen LogP contribution in [0.5, 0.6) is 0 Å². The van der Waals surface area contributed by atoms with Gasteiger partial charge in [0.25, 0.3) is 0 Å². The summed E-state index contributed by atoms with van der Waals surface area (Å²) in [4.78, 5) is 0. The first-order valence-electron chi connectivity index (χ1n) is 2.68. The van der Waals surface area contributed by atoms with Crippen molar-refractivity contribution in [1.82, 2.24) is 5.32 Å². The number of halogens is 1. The van der Waals surface area contributed by atoms with Gasteiger partial charge in [0.05, 0.1) is 5.69 Å². The Morgan fingerprint density at radius 1 is 1.22 bits per heavy atom. The zero-order chi connectivity index (χ0) is 6.69. The van der Waals surface area contributed by atoms with Crippen molar-refractivity contribution < 1.29 is 0 Å². The van der Waals surface area contributed by atoms with Gasteiger partial charge < -0.3 is 0 Å². The van der Waals surface area contributed by atoms with Gasteiger partial charge in [-0.2, -0.15) is 0 Å². The van der Waals surface area contributed by atoms with E-state index in [2.05, 4.69) is 21.2 Å². The zero-order valence-corrected chi connectivity index (χ0v) is 6.72. The van der Waals surface area contributed by atoms with Crippen molar-refractivity contribution in [3.8, 4) is 0 Å². The van der Waals surface area contributed by atoms with Gasteiger partial charge in [-0.15, -0.1) is 0 Å². The van der Waals surface area contributed by atoms with Crippen LogP contribution in [-0.2, 0) is 0 Å². The highest BCUT2D eigenvalue weighted by molar-refractivity contribution is 9.10. The molecule has 0 saturated carbocycles. The minimum absolute atomic E-state index is 1.01. The Hall–Kier alpha value is -0.500. The summed E-state index contributed by atoms with van der Waals surface area (Å²) >= 11 is 3.33. The van der Waals surface area contributed by atoms with Crippen LogP contribution in [-0.4, -0.2) is 7.05 Å². The summed E-state index contributed by atoms with van der Waals surface area (Å²) in [5.74, 6) is 0. The Bertz CT molecular complexity index is 181. The second-order valence-corrected chi connectivity index (χ2v) is 2.62. The first-order valence-corrected chi connectivity index (χ1v) is 3.47. The van der Waals surface area contributed by atoms with E-state index in [9.17, 15) is 0 Å². The van der Waals surface area contributed by atoms with E-state index in [1.54, 1.807) is 7.05 Å². The minimum Gasteiger partial charge on any atom is -0.289 e. The van der Waals surface area contributed by atoms with Gasteiger partial charge in [-0.3, -0.25) is 5.32 Å². The second-order valence-electron chi connectivity index (χ2n) is 1.70. The average molecular weight is 185 g/mol. The molecule has 0 atom stereocenters. The van der Waals surface area contributed by atoms with E-state index in [4.69, 9.17) is 0 Å². The third-order valence-corrected chi connectivity index (χ3v) is 1.61. The monoisotopic (exact) mass is 184 g/mol. The minimum atomic E-state index is 1.01. The molecule has 1 aromatic rings. The molecule has 0 aromatic heterocycles. The van der Waals surface area contributed by atoms with Crippen LogP contribution in [0.4, 0.5) is 5.69 Å². The number of hydrogen-bond donors (Lipinski definition) is 0. The molecule has 1 radical (unpaired) electrons. The third kappa shape index (κ3) is 1.72. The van der Waals surface area contributed by atoms with Gasteiger partial charge in [0, 0.05) is 11.5 Å². The molecule has 0 unspecified atom stereocenters. The lowest BCUT2D eigenvalue weighted by molar-refractivity contribution is 1.09. The predicted molar refractivity (Wildman–Crippen MR) is 41.9 cm³/mol. The summed E-state index contributed by atoms with van der Waals surface area (Å²) in [6.07, 6.45) is 0. The van der Waals surface area contributed by atoms with Crippen molar-refractivity contribution >= 4 is 21.6 Å². The van der Waals surface area contributed by atoms with E-state index in [1.807, 2.05) is 24.3 Å². The zero-order valence-electron chi connectivity index (χ0n) is 5.13. The van der Waals surface area contributed by atoms with Crippen molar-refractivity contribution in [1.29, 1.82) is 0 Å². The first-order chi connectivity index (χ1) is 4.33. The highest BCUT2D eigenvalue weighted by Gasteiger charge is 1.86. The number of benzene rings is 1. The predicted octanol–water partition coefficient (Wildman–Crippen LogP) is 2.31. The van der Waals surface area contributed by atoms with Crippen LogP contribution in [0, 0.1) is 0 Å². The molecule has 0 heterocycles. The molecule has 1 nitrogen and oxygen atoms in total. The fourth-order valence-corrected chi connectivity index (χ4v) is 0.854. The van der Waals surface area contributed by atoms with Gasteiger partial charge >= 0.3 is 0 Å². The Morgan fingerprint density at radius 2 is 1.78 bits per heavy atom. The quantitative estimate of drug-likeness (QED) is 0.637. The standard InChI is InChI=1S/C7H7BrN/c1-9-7-4-2-6(8)3-5-7/h2-5H,1H3. The highest BCUT2D eigenvalue weighted by Crippen LogP contribution is 2.12. The van der Waals surface area contributed by atoms with Crippen LogP contribution < -0.4 is 5.32 Å². The number of rotatable bonds is 1. The van der Waals surface area contributed by atoms with E-state index in [0.717, 1.165) is 10.2 Å². The summed E-state index contributed by atoms with van der Waals surface area (Å²) in [6, 6.07) is 7.87. The summed E-state index contributed by atoms with van der Waals surface area (Å²) in [7, 11) is 1.78. The smallest absolute Gasteiger partial charge is 0.0571 e. The maximum Gasteiger partial charge on any atom is 0.0571 e. The molecule has 0 aliphatic heterocycles. The topological polar surface area (TPSA) is 14.1 Å². The van der Waals surface area contributed by atoms with Gasteiger partial charge in [-0.25, -0.2) is 0 Å². The molecule has 0 aliphatic carbocycles. The van der Waals surface area contributed by atoms with Crippen LogP contribution >= 0.6 is 15.9 Å². The third-order valence-electron chi connectivity index (χ3n) is 1.08. The molecule has 1 aromatic carbocycles. The summed E-state index contributed by atoms with van der Waals surface area (Å²) < 4.78 is 1.09. The number of nitrogens with zero attached hydrogens (tertiary/aromatic N) is 1. The molecular weight excluding hydrogens is 178 g/mol. The SMILES string of the molecule is C[N]c1ccc(Br)cc1. The fourth-order valence-electron chi connectivity index (χ4n) is 0.590. The molecule has 2 heteroatoms. The van der Waals surface area contributed by atoms with E-state index >= 15 is 0 Å². The Labute approximate surface area is 63.2 Å². The van der Waals surface area contributed by atoms with Crippen molar-refractivity contribution in [2.45, 2.75) is 0 Å². The molecule has 0 fully saturated rings. The van der Waals surface area contributed by atoms with Crippen molar-refractivity contribution in [2.75, 3.05) is 7.05 Å². The van der Waals surface area contributed by atoms with Gasteiger partial charge in [0.15, 0.2) is 0 Å². The summed E-state index contributed by atoms with van der Waals surface area (Å²) in [6.45, 7) is 0. The maximum atomic E-state index is 3.99. The molecule has 0 amide bonds. The normalized spacial score (nSPS) is 9.11. The van der Waals surface area contributed by atoms with Crippen LogP contribution in [0.25, 0.3) is 0 Å². The van der Waals surface area contributed by atoms with Gasteiger partial charge in [0.1, 0.15) is 0 Å². The van der Waals surface area contributed by atoms with Gasteiger partial charge in [-0.1, -0.05) is 15.9 Å². The lowest BCUT2D eigenvalue weighted by Crippen LogP contribution is -1.83. The second kappa shape index (κ2) is 2.87. The van der Waals surface area contributed by atoms with Crippen molar-refractivity contribution in [2.24, 2.45) is 0 Å². The molecule has 1 rings (SSSR count). The van der Waals surface area contributed by atoms with E-state index < -0.39 is 0 Å². The Morgan fingerprint density at radius 3 is 2.22 bits per heavy atom. The van der Waals surface area contributed by atoms with E-state index in [-0.39, 0.29) is 0 Å². The van der Waals surface area contributed by atoms with Crippen LogP contribution in [0.2, 0.25) is 0 Å². The molecule has 0 saturated heterocycles. The largest absolute Gasteiger partial charge is 0.289 e. The lowest BCUT2D eigenvalue weighted by atomic mass is 10.3. The lowest BCUT2D eigenvalue weighted by Gasteiger charge is -1.93. The van der Waals surface area contributed by atoms with Crippen LogP contribution in [0.15, 0.2) is 28.7 Å². The van der Waals surface area contributed by atoms with Gasteiger partial charge in [-0.05, 0) is 24.3 Å². The van der Waals surface area contributed by atoms with E-state index in [0.29, 0.717) is 0 Å². The van der Waals surface area contributed by atoms with Crippen molar-refractivity contribution in [3.63, 3.8) is 0 Å². The summed E-state index contributed by atoms with van der Waals surface area (Å²) in [5.41, 5.74) is 1.01. The molecule has 0 aliphatic rings. The fraction of sp³-hybridized carbons (Fsp3) is 0.143. The van der Waals surface area contributed by atoms with Crippen molar-refractivity contribution in [3.05, 3.63) is 28.7 Å². The Kier molecular flexibility index (Phi) is 2.11. The van der Waals surface area contributed by atoms with Gasteiger partial charge in [0.2, 0.25) is 0 Å².